The summed E-state index contributed by atoms with van der Waals surface area (Å²) < 4.78 is 13.4. The van der Waals surface area contributed by atoms with Crippen LogP contribution in [0.2, 0.25) is 0 Å². The summed E-state index contributed by atoms with van der Waals surface area (Å²) in [6.45, 7) is 6.07. The molecular weight excluding hydrogens is 419 g/mol. The first-order valence-electron chi connectivity index (χ1n) is 11.5. The second-order valence-corrected chi connectivity index (χ2v) is 8.82. The van der Waals surface area contributed by atoms with Crippen molar-refractivity contribution >= 4 is 11.7 Å². The Labute approximate surface area is 192 Å². The van der Waals surface area contributed by atoms with Gasteiger partial charge < -0.3 is 9.80 Å². The quantitative estimate of drug-likeness (QED) is 0.604. The number of aryl methyl sites for hydroxylation is 2. The van der Waals surface area contributed by atoms with Crippen LogP contribution in [0.1, 0.15) is 64.1 Å². The van der Waals surface area contributed by atoms with Crippen LogP contribution in [-0.4, -0.2) is 43.8 Å². The Hall–Kier alpha value is -3.42. The number of fused-ring (bicyclic) bond motifs is 1. The summed E-state index contributed by atoms with van der Waals surface area (Å²) in [5.41, 5.74) is 4.29. The molecule has 1 saturated heterocycles. The third kappa shape index (κ3) is 4.29. The SMILES string of the molecule is Cc1cnc(C(=O)N2CCCC2c2nc(C)c3c(n2)N(Cc2ccc(F)cc2)CCC3)cn1. The first-order chi connectivity index (χ1) is 16.0. The van der Waals surface area contributed by atoms with E-state index in [0.717, 1.165) is 60.6 Å². The van der Waals surface area contributed by atoms with E-state index in [2.05, 4.69) is 14.9 Å². The predicted molar refractivity (Wildman–Crippen MR) is 122 cm³/mol. The average Bonchev–Trinajstić information content (AvgIpc) is 3.31. The topological polar surface area (TPSA) is 75.1 Å². The molecule has 1 amide bonds. The third-order valence-electron chi connectivity index (χ3n) is 6.46. The summed E-state index contributed by atoms with van der Waals surface area (Å²) in [4.78, 5) is 35.6. The number of carbonyl (C=O) groups excluding carboxylic acids is 1. The number of nitrogens with zero attached hydrogens (tertiary/aromatic N) is 6. The smallest absolute Gasteiger partial charge is 0.274 e. The number of anilines is 1. The standard InChI is InChI=1S/C25H27FN6O/c1-16-13-28-21(14-27-16)25(33)32-12-4-6-22(32)23-29-17(2)20-5-3-11-31(24(20)30-23)15-18-7-9-19(26)10-8-18/h7-10,13-14,22H,3-6,11-12,15H2,1-2H3. The molecule has 3 aromatic rings. The minimum atomic E-state index is -0.234. The zero-order valence-electron chi connectivity index (χ0n) is 19.0. The van der Waals surface area contributed by atoms with E-state index in [1.807, 2.05) is 30.9 Å². The van der Waals surface area contributed by atoms with Gasteiger partial charge in [-0.25, -0.2) is 19.3 Å². The van der Waals surface area contributed by atoms with Crippen molar-refractivity contribution in [2.75, 3.05) is 18.0 Å². The molecule has 0 saturated carbocycles. The molecule has 1 aromatic carbocycles. The van der Waals surface area contributed by atoms with Gasteiger partial charge in [-0.05, 0) is 57.2 Å². The van der Waals surface area contributed by atoms with Gasteiger partial charge in [0.1, 0.15) is 17.3 Å². The highest BCUT2D eigenvalue weighted by molar-refractivity contribution is 5.92. The second-order valence-electron chi connectivity index (χ2n) is 8.82. The molecule has 33 heavy (non-hydrogen) atoms. The second kappa shape index (κ2) is 8.84. The molecule has 7 nitrogen and oxygen atoms in total. The minimum Gasteiger partial charge on any atom is -0.352 e. The zero-order chi connectivity index (χ0) is 22.9. The number of likely N-dealkylation sites (tertiary alicyclic amines) is 1. The van der Waals surface area contributed by atoms with E-state index >= 15 is 0 Å². The van der Waals surface area contributed by atoms with Crippen LogP contribution in [0.4, 0.5) is 10.2 Å². The van der Waals surface area contributed by atoms with Gasteiger partial charge in [0, 0.05) is 37.1 Å². The lowest BCUT2D eigenvalue weighted by Crippen LogP contribution is -2.34. The van der Waals surface area contributed by atoms with Crippen molar-refractivity contribution in [1.29, 1.82) is 0 Å². The van der Waals surface area contributed by atoms with E-state index in [9.17, 15) is 9.18 Å². The molecule has 0 aliphatic carbocycles. The van der Waals surface area contributed by atoms with Gasteiger partial charge in [0.2, 0.25) is 0 Å². The van der Waals surface area contributed by atoms with Crippen LogP contribution in [0.5, 0.6) is 0 Å². The van der Waals surface area contributed by atoms with Gasteiger partial charge >= 0.3 is 0 Å². The number of hydrogen-bond acceptors (Lipinski definition) is 6. The number of halogens is 1. The Balaban J connectivity index is 1.45. The highest BCUT2D eigenvalue weighted by Crippen LogP contribution is 2.35. The highest BCUT2D eigenvalue weighted by atomic mass is 19.1. The molecule has 2 aliphatic heterocycles. The Kier molecular flexibility index (Phi) is 5.74. The molecule has 5 rings (SSSR count). The number of aromatic nitrogens is 4. The van der Waals surface area contributed by atoms with Gasteiger partial charge in [-0.2, -0.15) is 0 Å². The number of hydrogen-bond donors (Lipinski definition) is 0. The monoisotopic (exact) mass is 446 g/mol. The molecule has 0 bridgehead atoms. The summed E-state index contributed by atoms with van der Waals surface area (Å²) >= 11 is 0. The largest absolute Gasteiger partial charge is 0.352 e. The lowest BCUT2D eigenvalue weighted by molar-refractivity contribution is 0.0723. The molecule has 0 N–H and O–H groups in total. The van der Waals surface area contributed by atoms with Gasteiger partial charge in [-0.3, -0.25) is 9.78 Å². The van der Waals surface area contributed by atoms with Crippen molar-refractivity contribution in [3.63, 3.8) is 0 Å². The van der Waals surface area contributed by atoms with Gasteiger partial charge in [0.25, 0.3) is 5.91 Å². The summed E-state index contributed by atoms with van der Waals surface area (Å²) in [7, 11) is 0. The van der Waals surface area contributed by atoms with E-state index < -0.39 is 0 Å². The molecule has 1 unspecified atom stereocenters. The fraction of sp³-hybridized carbons (Fsp3) is 0.400. The normalized spacial score (nSPS) is 17.8. The van der Waals surface area contributed by atoms with Crippen molar-refractivity contribution in [2.45, 2.75) is 52.1 Å². The maximum absolute atomic E-state index is 13.4. The van der Waals surface area contributed by atoms with Crippen LogP contribution in [0.15, 0.2) is 36.7 Å². The van der Waals surface area contributed by atoms with Gasteiger partial charge in [-0.1, -0.05) is 12.1 Å². The lowest BCUT2D eigenvalue weighted by Gasteiger charge is -2.32. The molecule has 8 heteroatoms. The first-order valence-corrected chi connectivity index (χ1v) is 11.5. The van der Waals surface area contributed by atoms with Crippen molar-refractivity contribution < 1.29 is 9.18 Å². The summed E-state index contributed by atoms with van der Waals surface area (Å²) in [5.74, 6) is 1.25. The van der Waals surface area contributed by atoms with E-state index in [1.165, 1.54) is 18.3 Å². The van der Waals surface area contributed by atoms with Gasteiger partial charge in [0.15, 0.2) is 5.82 Å². The zero-order valence-corrected chi connectivity index (χ0v) is 19.0. The first kappa shape index (κ1) is 21.4. The average molecular weight is 447 g/mol. The fourth-order valence-electron chi connectivity index (χ4n) is 4.75. The highest BCUT2D eigenvalue weighted by Gasteiger charge is 2.35. The molecule has 0 radical (unpaired) electrons. The maximum atomic E-state index is 13.4. The van der Waals surface area contributed by atoms with Crippen molar-refractivity contribution in [1.82, 2.24) is 24.8 Å². The van der Waals surface area contributed by atoms with E-state index in [0.29, 0.717) is 24.6 Å². The fourth-order valence-corrected chi connectivity index (χ4v) is 4.75. The molecular formula is C25H27FN6O. The molecule has 1 fully saturated rings. The van der Waals surface area contributed by atoms with E-state index in [1.54, 1.807) is 6.20 Å². The minimum absolute atomic E-state index is 0.132. The molecule has 0 spiro atoms. The van der Waals surface area contributed by atoms with Crippen molar-refractivity contribution in [3.05, 3.63) is 76.5 Å². The Morgan fingerprint density at radius 1 is 1.06 bits per heavy atom. The third-order valence-corrected chi connectivity index (χ3v) is 6.46. The number of amides is 1. The van der Waals surface area contributed by atoms with Crippen LogP contribution in [0.25, 0.3) is 0 Å². The Bertz CT molecular complexity index is 1160. The van der Waals surface area contributed by atoms with Gasteiger partial charge in [-0.15, -0.1) is 0 Å². The molecule has 170 valence electrons. The summed E-state index contributed by atoms with van der Waals surface area (Å²) in [6, 6.07) is 6.44. The van der Waals surface area contributed by atoms with E-state index in [4.69, 9.17) is 9.97 Å². The number of carbonyl (C=O) groups is 1. The number of benzene rings is 1. The summed E-state index contributed by atoms with van der Waals surface area (Å²) in [6.07, 6.45) is 6.84. The van der Waals surface area contributed by atoms with Crippen LogP contribution in [-0.2, 0) is 13.0 Å². The predicted octanol–water partition coefficient (Wildman–Crippen LogP) is 3.95. The lowest BCUT2D eigenvalue weighted by atomic mass is 10.0. The number of rotatable bonds is 4. The summed E-state index contributed by atoms with van der Waals surface area (Å²) in [5, 5.41) is 0. The Morgan fingerprint density at radius 2 is 1.88 bits per heavy atom. The molecule has 2 aliphatic rings. The molecule has 4 heterocycles. The van der Waals surface area contributed by atoms with E-state index in [-0.39, 0.29) is 17.8 Å². The van der Waals surface area contributed by atoms with Crippen LogP contribution >= 0.6 is 0 Å². The molecule has 1 atom stereocenters. The molecule has 2 aromatic heterocycles. The van der Waals surface area contributed by atoms with Crippen LogP contribution in [0.3, 0.4) is 0 Å². The Morgan fingerprint density at radius 3 is 2.64 bits per heavy atom. The van der Waals surface area contributed by atoms with Crippen LogP contribution < -0.4 is 4.90 Å². The van der Waals surface area contributed by atoms with Crippen molar-refractivity contribution in [3.8, 4) is 0 Å². The maximum Gasteiger partial charge on any atom is 0.274 e. The van der Waals surface area contributed by atoms with Crippen molar-refractivity contribution in [2.24, 2.45) is 0 Å². The van der Waals surface area contributed by atoms with Gasteiger partial charge in [0.05, 0.1) is 17.9 Å². The van der Waals surface area contributed by atoms with Crippen LogP contribution in [0, 0.1) is 19.7 Å².